The van der Waals surface area contributed by atoms with Crippen molar-refractivity contribution in [2.45, 2.75) is 64.1 Å². The monoisotopic (exact) mass is 298 g/mol. The first kappa shape index (κ1) is 16.1. The van der Waals surface area contributed by atoms with Crippen LogP contribution in [-0.2, 0) is 9.53 Å². The highest BCUT2D eigenvalue weighted by molar-refractivity contribution is 5.77. The topological polar surface area (TPSA) is 70.1 Å². The molecular formula is C15H26N2O4. The van der Waals surface area contributed by atoms with Gasteiger partial charge in [0.15, 0.2) is 0 Å². The molecule has 2 atom stereocenters. The van der Waals surface area contributed by atoms with E-state index < -0.39 is 23.7 Å². The van der Waals surface area contributed by atoms with Crippen LogP contribution in [0, 0.1) is 0 Å². The van der Waals surface area contributed by atoms with Crippen molar-refractivity contribution in [3.8, 4) is 0 Å². The molecule has 2 heterocycles. The second kappa shape index (κ2) is 6.22. The summed E-state index contributed by atoms with van der Waals surface area (Å²) in [6.07, 6.45) is 3.23. The summed E-state index contributed by atoms with van der Waals surface area (Å²) >= 11 is 0. The fourth-order valence-electron chi connectivity index (χ4n) is 3.25. The van der Waals surface area contributed by atoms with Crippen molar-refractivity contribution >= 4 is 12.1 Å². The number of hydrogen-bond donors (Lipinski definition) is 1. The molecule has 6 nitrogen and oxygen atoms in total. The number of aliphatic carboxylic acids is 1. The zero-order valence-corrected chi connectivity index (χ0v) is 13.2. The van der Waals surface area contributed by atoms with Crippen LogP contribution in [0.5, 0.6) is 0 Å². The van der Waals surface area contributed by atoms with E-state index in [1.807, 2.05) is 25.7 Å². The SMILES string of the molecule is CC(C)(C)OC(=O)N1CCCC1C(C(=O)O)N1CCCC1. The Hall–Kier alpha value is -1.30. The van der Waals surface area contributed by atoms with E-state index in [9.17, 15) is 14.7 Å². The predicted molar refractivity (Wildman–Crippen MR) is 78.2 cm³/mol. The van der Waals surface area contributed by atoms with Crippen LogP contribution in [0.2, 0.25) is 0 Å². The summed E-state index contributed by atoms with van der Waals surface area (Å²) < 4.78 is 5.42. The zero-order chi connectivity index (χ0) is 15.6. The first-order valence-electron chi connectivity index (χ1n) is 7.76. The number of carbonyl (C=O) groups is 2. The predicted octanol–water partition coefficient (Wildman–Crippen LogP) is 1.93. The molecule has 6 heteroatoms. The standard InChI is InChI=1S/C15H26N2O4/c1-15(2,3)21-14(20)17-10-6-7-11(17)12(13(18)19)16-8-4-5-9-16/h11-12H,4-10H2,1-3H3,(H,18,19). The summed E-state index contributed by atoms with van der Waals surface area (Å²) in [7, 11) is 0. The molecule has 0 bridgehead atoms. The van der Waals surface area contributed by atoms with Crippen LogP contribution < -0.4 is 0 Å². The first-order valence-corrected chi connectivity index (χ1v) is 7.76. The zero-order valence-electron chi connectivity index (χ0n) is 13.2. The number of carboxylic acids is 1. The van der Waals surface area contributed by atoms with Gasteiger partial charge >= 0.3 is 12.1 Å². The molecule has 2 saturated heterocycles. The largest absolute Gasteiger partial charge is 0.480 e. The molecule has 2 aliphatic rings. The van der Waals surface area contributed by atoms with Gasteiger partial charge in [0.1, 0.15) is 11.6 Å². The maximum absolute atomic E-state index is 12.3. The molecule has 0 aromatic heterocycles. The lowest BCUT2D eigenvalue weighted by Crippen LogP contribution is -2.54. The van der Waals surface area contributed by atoms with E-state index in [1.165, 1.54) is 0 Å². The Morgan fingerprint density at radius 3 is 2.29 bits per heavy atom. The van der Waals surface area contributed by atoms with Crippen molar-refractivity contribution in [3.63, 3.8) is 0 Å². The summed E-state index contributed by atoms with van der Waals surface area (Å²) in [5.41, 5.74) is -0.559. The minimum absolute atomic E-state index is 0.282. The molecule has 1 N–H and O–H groups in total. The van der Waals surface area contributed by atoms with Crippen molar-refractivity contribution in [2.24, 2.45) is 0 Å². The Balaban J connectivity index is 2.11. The quantitative estimate of drug-likeness (QED) is 0.862. The van der Waals surface area contributed by atoms with Crippen LogP contribution in [0.3, 0.4) is 0 Å². The van der Waals surface area contributed by atoms with E-state index in [-0.39, 0.29) is 6.04 Å². The van der Waals surface area contributed by atoms with E-state index in [2.05, 4.69) is 0 Å². The van der Waals surface area contributed by atoms with Gasteiger partial charge in [0, 0.05) is 6.54 Å². The van der Waals surface area contributed by atoms with Gasteiger partial charge in [-0.15, -0.1) is 0 Å². The smallest absolute Gasteiger partial charge is 0.410 e. The molecule has 1 amide bonds. The maximum atomic E-state index is 12.3. The Labute approximate surface area is 126 Å². The van der Waals surface area contributed by atoms with E-state index in [1.54, 1.807) is 4.90 Å². The number of ether oxygens (including phenoxy) is 1. The van der Waals surface area contributed by atoms with Gasteiger partial charge in [0.05, 0.1) is 6.04 Å². The number of nitrogens with zero attached hydrogens (tertiary/aromatic N) is 2. The summed E-state index contributed by atoms with van der Waals surface area (Å²) in [5, 5.41) is 9.61. The van der Waals surface area contributed by atoms with Crippen LogP contribution in [0.25, 0.3) is 0 Å². The second-order valence-electron chi connectivity index (χ2n) is 6.91. The van der Waals surface area contributed by atoms with Crippen molar-refractivity contribution in [2.75, 3.05) is 19.6 Å². The van der Waals surface area contributed by atoms with Gasteiger partial charge in [-0.05, 0) is 59.5 Å². The third-order valence-corrected chi connectivity index (χ3v) is 4.08. The number of hydrogen-bond acceptors (Lipinski definition) is 4. The van der Waals surface area contributed by atoms with E-state index in [0.717, 1.165) is 38.8 Å². The Kier molecular flexibility index (Phi) is 4.76. The number of rotatable bonds is 3. The molecule has 0 aromatic rings. The van der Waals surface area contributed by atoms with Gasteiger partial charge in [-0.3, -0.25) is 9.69 Å². The van der Waals surface area contributed by atoms with Crippen LogP contribution in [0.15, 0.2) is 0 Å². The molecule has 0 radical (unpaired) electrons. The first-order chi connectivity index (χ1) is 9.79. The molecule has 2 rings (SSSR count). The highest BCUT2D eigenvalue weighted by atomic mass is 16.6. The summed E-state index contributed by atoms with van der Waals surface area (Å²) in [5.74, 6) is -0.836. The molecule has 2 aliphatic heterocycles. The van der Waals surface area contributed by atoms with E-state index >= 15 is 0 Å². The number of carbonyl (C=O) groups excluding carboxylic acids is 1. The molecular weight excluding hydrogens is 272 g/mol. The number of likely N-dealkylation sites (tertiary alicyclic amines) is 2. The van der Waals surface area contributed by atoms with Gasteiger partial charge in [0.25, 0.3) is 0 Å². The number of carboxylic acid groups (broad SMARTS) is 1. The van der Waals surface area contributed by atoms with Crippen LogP contribution in [0.1, 0.15) is 46.5 Å². The maximum Gasteiger partial charge on any atom is 0.410 e. The lowest BCUT2D eigenvalue weighted by atomic mass is 10.0. The Morgan fingerprint density at radius 1 is 1.14 bits per heavy atom. The van der Waals surface area contributed by atoms with Crippen LogP contribution in [0.4, 0.5) is 4.79 Å². The molecule has 0 saturated carbocycles. The van der Waals surface area contributed by atoms with Gasteiger partial charge in [-0.25, -0.2) is 4.79 Å². The minimum Gasteiger partial charge on any atom is -0.480 e. The van der Waals surface area contributed by atoms with Crippen molar-refractivity contribution < 1.29 is 19.4 Å². The van der Waals surface area contributed by atoms with Crippen molar-refractivity contribution in [1.82, 2.24) is 9.80 Å². The summed E-state index contributed by atoms with van der Waals surface area (Å²) in [4.78, 5) is 27.6. The average molecular weight is 298 g/mol. The third-order valence-electron chi connectivity index (χ3n) is 4.08. The Bertz CT molecular complexity index is 399. The van der Waals surface area contributed by atoms with Crippen molar-refractivity contribution in [3.05, 3.63) is 0 Å². The van der Waals surface area contributed by atoms with Crippen molar-refractivity contribution in [1.29, 1.82) is 0 Å². The summed E-state index contributed by atoms with van der Waals surface area (Å²) in [6.45, 7) is 7.66. The van der Waals surface area contributed by atoms with Gasteiger partial charge < -0.3 is 14.7 Å². The number of amides is 1. The summed E-state index contributed by atoms with van der Waals surface area (Å²) in [6, 6.07) is -0.891. The molecule has 0 aliphatic carbocycles. The van der Waals surface area contributed by atoms with Gasteiger partial charge in [-0.2, -0.15) is 0 Å². The van der Waals surface area contributed by atoms with Crippen LogP contribution >= 0.6 is 0 Å². The molecule has 0 aromatic carbocycles. The molecule has 2 unspecified atom stereocenters. The molecule has 120 valence electrons. The highest BCUT2D eigenvalue weighted by Crippen LogP contribution is 2.27. The second-order valence-corrected chi connectivity index (χ2v) is 6.91. The average Bonchev–Trinajstić information content (AvgIpc) is 2.97. The minimum atomic E-state index is -0.836. The third kappa shape index (κ3) is 3.87. The Morgan fingerprint density at radius 2 is 1.76 bits per heavy atom. The normalized spacial score (nSPS) is 25.1. The molecule has 2 fully saturated rings. The molecule has 21 heavy (non-hydrogen) atoms. The lowest BCUT2D eigenvalue weighted by molar-refractivity contribution is -0.145. The lowest BCUT2D eigenvalue weighted by Gasteiger charge is -2.35. The van der Waals surface area contributed by atoms with E-state index in [0.29, 0.717) is 6.54 Å². The molecule has 0 spiro atoms. The van der Waals surface area contributed by atoms with Gasteiger partial charge in [-0.1, -0.05) is 0 Å². The van der Waals surface area contributed by atoms with Gasteiger partial charge in [0.2, 0.25) is 0 Å². The fourth-order valence-corrected chi connectivity index (χ4v) is 3.25. The fraction of sp³-hybridized carbons (Fsp3) is 0.867. The van der Waals surface area contributed by atoms with E-state index in [4.69, 9.17) is 4.74 Å². The van der Waals surface area contributed by atoms with Crippen LogP contribution in [-0.4, -0.2) is 64.3 Å². The highest BCUT2D eigenvalue weighted by Gasteiger charge is 2.43.